The van der Waals surface area contributed by atoms with Gasteiger partial charge in [0, 0.05) is 18.7 Å². The molecule has 1 aliphatic heterocycles. The number of nitrogens with one attached hydrogen (secondary N) is 1. The highest BCUT2D eigenvalue weighted by atomic mass is 16.2. The smallest absolute Gasteiger partial charge is 0.326 e. The van der Waals surface area contributed by atoms with Crippen molar-refractivity contribution in [3.8, 4) is 0 Å². The predicted octanol–water partition coefficient (Wildman–Crippen LogP) is 1.57. The van der Waals surface area contributed by atoms with Gasteiger partial charge in [0.15, 0.2) is 0 Å². The lowest BCUT2D eigenvalue weighted by atomic mass is 10.2. The standard InChI is InChI=1S/C15H17N3O3/c1-10(19)16-12-4-2-3-11(7-12)8-18-14(20)9-17(15(18)21)13-5-6-13/h2-4,7,13H,5-6,8-9H2,1H3,(H,16,19). The van der Waals surface area contributed by atoms with E-state index in [-0.39, 0.29) is 37.0 Å². The molecule has 1 heterocycles. The summed E-state index contributed by atoms with van der Waals surface area (Å²) in [6, 6.07) is 7.23. The second-order valence-electron chi connectivity index (χ2n) is 5.50. The van der Waals surface area contributed by atoms with Crippen molar-refractivity contribution in [2.24, 2.45) is 0 Å². The van der Waals surface area contributed by atoms with Crippen molar-refractivity contribution >= 4 is 23.5 Å². The van der Waals surface area contributed by atoms with Gasteiger partial charge in [-0.05, 0) is 30.5 Å². The van der Waals surface area contributed by atoms with E-state index in [9.17, 15) is 14.4 Å². The number of hydrogen-bond acceptors (Lipinski definition) is 3. The van der Waals surface area contributed by atoms with E-state index < -0.39 is 0 Å². The Morgan fingerprint density at radius 3 is 2.76 bits per heavy atom. The van der Waals surface area contributed by atoms with E-state index in [1.165, 1.54) is 11.8 Å². The lowest BCUT2D eigenvalue weighted by Crippen LogP contribution is -2.33. The first kappa shape index (κ1) is 13.6. The van der Waals surface area contributed by atoms with Crippen molar-refractivity contribution in [2.45, 2.75) is 32.4 Å². The Bertz CT molecular complexity index is 610. The summed E-state index contributed by atoms with van der Waals surface area (Å²) in [6.07, 6.45) is 1.98. The van der Waals surface area contributed by atoms with Crippen LogP contribution >= 0.6 is 0 Å². The maximum atomic E-state index is 12.2. The van der Waals surface area contributed by atoms with Crippen molar-refractivity contribution in [3.63, 3.8) is 0 Å². The van der Waals surface area contributed by atoms with Crippen LogP contribution in [0.5, 0.6) is 0 Å². The molecule has 110 valence electrons. The molecule has 1 aliphatic carbocycles. The summed E-state index contributed by atoms with van der Waals surface area (Å²) in [4.78, 5) is 38.2. The number of amides is 4. The molecule has 2 fully saturated rings. The van der Waals surface area contributed by atoms with Gasteiger partial charge in [-0.3, -0.25) is 14.5 Å². The summed E-state index contributed by atoms with van der Waals surface area (Å²) in [7, 11) is 0. The SMILES string of the molecule is CC(=O)Nc1cccc(CN2C(=O)CN(C3CC3)C2=O)c1. The van der Waals surface area contributed by atoms with Crippen LogP contribution in [-0.4, -0.2) is 40.2 Å². The van der Waals surface area contributed by atoms with Crippen LogP contribution < -0.4 is 5.32 Å². The Kier molecular flexibility index (Phi) is 3.37. The van der Waals surface area contributed by atoms with E-state index in [2.05, 4.69) is 5.32 Å². The van der Waals surface area contributed by atoms with Crippen molar-refractivity contribution in [1.29, 1.82) is 0 Å². The van der Waals surface area contributed by atoms with Gasteiger partial charge in [-0.2, -0.15) is 0 Å². The Morgan fingerprint density at radius 2 is 2.10 bits per heavy atom. The van der Waals surface area contributed by atoms with Crippen molar-refractivity contribution in [1.82, 2.24) is 9.80 Å². The summed E-state index contributed by atoms with van der Waals surface area (Å²) < 4.78 is 0. The maximum Gasteiger partial charge on any atom is 0.327 e. The molecule has 6 heteroatoms. The highest BCUT2D eigenvalue weighted by molar-refractivity contribution is 6.02. The third-order valence-corrected chi connectivity index (χ3v) is 3.66. The van der Waals surface area contributed by atoms with Crippen LogP contribution in [0.15, 0.2) is 24.3 Å². The van der Waals surface area contributed by atoms with E-state index in [0.29, 0.717) is 5.69 Å². The maximum absolute atomic E-state index is 12.2. The topological polar surface area (TPSA) is 69.7 Å². The molecule has 21 heavy (non-hydrogen) atoms. The molecule has 0 bridgehead atoms. The molecule has 1 N–H and O–H groups in total. The molecule has 3 rings (SSSR count). The number of benzene rings is 1. The number of hydrogen-bond donors (Lipinski definition) is 1. The fraction of sp³-hybridized carbons (Fsp3) is 0.400. The van der Waals surface area contributed by atoms with Gasteiger partial charge in [-0.25, -0.2) is 4.79 Å². The van der Waals surface area contributed by atoms with Gasteiger partial charge in [-0.1, -0.05) is 12.1 Å². The fourth-order valence-corrected chi connectivity index (χ4v) is 2.52. The summed E-state index contributed by atoms with van der Waals surface area (Å²) in [6.45, 7) is 1.87. The molecule has 1 aromatic carbocycles. The fourth-order valence-electron chi connectivity index (χ4n) is 2.52. The van der Waals surface area contributed by atoms with Crippen LogP contribution in [0.4, 0.5) is 10.5 Å². The molecule has 2 aliphatic rings. The van der Waals surface area contributed by atoms with Gasteiger partial charge in [0.1, 0.15) is 6.54 Å². The molecule has 0 unspecified atom stereocenters. The normalized spacial score (nSPS) is 18.3. The minimum atomic E-state index is -0.201. The minimum absolute atomic E-state index is 0.152. The van der Waals surface area contributed by atoms with Crippen LogP contribution in [0.25, 0.3) is 0 Å². The summed E-state index contributed by atoms with van der Waals surface area (Å²) in [5.74, 6) is -0.308. The zero-order valence-electron chi connectivity index (χ0n) is 11.8. The number of carbonyl (C=O) groups is 3. The number of nitrogens with zero attached hydrogens (tertiary/aromatic N) is 2. The quantitative estimate of drug-likeness (QED) is 0.855. The number of anilines is 1. The van der Waals surface area contributed by atoms with Crippen LogP contribution in [-0.2, 0) is 16.1 Å². The number of rotatable bonds is 4. The van der Waals surface area contributed by atoms with Crippen molar-refractivity contribution in [2.75, 3.05) is 11.9 Å². The summed E-state index contributed by atoms with van der Waals surface area (Å²) in [5, 5.41) is 2.69. The molecule has 4 amide bonds. The second-order valence-corrected chi connectivity index (χ2v) is 5.50. The Morgan fingerprint density at radius 1 is 1.33 bits per heavy atom. The lowest BCUT2D eigenvalue weighted by molar-refractivity contribution is -0.125. The molecule has 6 nitrogen and oxygen atoms in total. The van der Waals surface area contributed by atoms with Gasteiger partial charge in [0.05, 0.1) is 6.54 Å². The van der Waals surface area contributed by atoms with E-state index in [1.54, 1.807) is 23.1 Å². The van der Waals surface area contributed by atoms with Crippen LogP contribution in [0.1, 0.15) is 25.3 Å². The van der Waals surface area contributed by atoms with Gasteiger partial charge < -0.3 is 10.2 Å². The highest BCUT2D eigenvalue weighted by Gasteiger charge is 2.43. The average molecular weight is 287 g/mol. The zero-order valence-corrected chi connectivity index (χ0v) is 11.8. The predicted molar refractivity (Wildman–Crippen MR) is 76.4 cm³/mol. The molecule has 0 aromatic heterocycles. The Balaban J connectivity index is 1.72. The van der Waals surface area contributed by atoms with Gasteiger partial charge in [0.25, 0.3) is 5.91 Å². The zero-order chi connectivity index (χ0) is 15.0. The second kappa shape index (κ2) is 5.20. The van der Waals surface area contributed by atoms with E-state index in [1.807, 2.05) is 6.07 Å². The summed E-state index contributed by atoms with van der Waals surface area (Å²) in [5.41, 5.74) is 1.48. The van der Waals surface area contributed by atoms with Crippen molar-refractivity contribution < 1.29 is 14.4 Å². The first-order chi connectivity index (χ1) is 10.0. The monoisotopic (exact) mass is 287 g/mol. The molecule has 0 atom stereocenters. The van der Waals surface area contributed by atoms with Crippen LogP contribution in [0, 0.1) is 0 Å². The Labute approximate surface area is 122 Å². The summed E-state index contributed by atoms with van der Waals surface area (Å²) >= 11 is 0. The van der Waals surface area contributed by atoms with E-state index in [4.69, 9.17) is 0 Å². The van der Waals surface area contributed by atoms with E-state index >= 15 is 0 Å². The van der Waals surface area contributed by atoms with Gasteiger partial charge in [0.2, 0.25) is 5.91 Å². The Hall–Kier alpha value is -2.37. The molecule has 0 radical (unpaired) electrons. The van der Waals surface area contributed by atoms with E-state index in [0.717, 1.165) is 18.4 Å². The molecule has 1 aromatic rings. The average Bonchev–Trinajstić information content (AvgIpc) is 3.21. The molecule has 1 saturated heterocycles. The first-order valence-corrected chi connectivity index (χ1v) is 7.02. The largest absolute Gasteiger partial charge is 0.327 e. The molecule has 1 saturated carbocycles. The third kappa shape index (κ3) is 2.89. The number of imide groups is 1. The third-order valence-electron chi connectivity index (χ3n) is 3.66. The van der Waals surface area contributed by atoms with Crippen LogP contribution in [0.2, 0.25) is 0 Å². The lowest BCUT2D eigenvalue weighted by Gasteiger charge is -2.17. The van der Waals surface area contributed by atoms with Gasteiger partial charge >= 0.3 is 6.03 Å². The number of carbonyl (C=O) groups excluding carboxylic acids is 3. The van der Waals surface area contributed by atoms with Crippen LogP contribution in [0.3, 0.4) is 0 Å². The molecular weight excluding hydrogens is 270 g/mol. The van der Waals surface area contributed by atoms with Gasteiger partial charge in [-0.15, -0.1) is 0 Å². The minimum Gasteiger partial charge on any atom is -0.326 e. The molecule has 0 spiro atoms. The highest BCUT2D eigenvalue weighted by Crippen LogP contribution is 2.30. The molecular formula is C15H17N3O3. The van der Waals surface area contributed by atoms with Crippen molar-refractivity contribution in [3.05, 3.63) is 29.8 Å². The number of urea groups is 1. The first-order valence-electron chi connectivity index (χ1n) is 7.02.